The summed E-state index contributed by atoms with van der Waals surface area (Å²) in [6.07, 6.45) is 1.38. The quantitative estimate of drug-likeness (QED) is 0.665. The maximum absolute atomic E-state index is 13.1. The van der Waals surface area contributed by atoms with Crippen molar-refractivity contribution in [3.63, 3.8) is 0 Å². The van der Waals surface area contributed by atoms with Gasteiger partial charge in [0.1, 0.15) is 5.75 Å². The van der Waals surface area contributed by atoms with E-state index in [0.29, 0.717) is 22.7 Å². The molecular weight excluding hydrogens is 288 g/mol. The summed E-state index contributed by atoms with van der Waals surface area (Å²) in [5.41, 5.74) is 1.36. The molecule has 3 nitrogen and oxygen atoms in total. The SMILES string of the molecule is COc1cccc(C(=O)C=C(C)Nc2ccc(F)c(F)c2)c1. The molecule has 0 aliphatic rings. The molecule has 2 aromatic carbocycles. The van der Waals surface area contributed by atoms with Gasteiger partial charge in [-0.25, -0.2) is 8.78 Å². The highest BCUT2D eigenvalue weighted by atomic mass is 19.2. The Kier molecular flexibility index (Phi) is 4.88. The van der Waals surface area contributed by atoms with Crippen LogP contribution in [0.2, 0.25) is 0 Å². The summed E-state index contributed by atoms with van der Waals surface area (Å²) >= 11 is 0. The van der Waals surface area contributed by atoms with E-state index in [4.69, 9.17) is 4.74 Å². The van der Waals surface area contributed by atoms with Crippen LogP contribution in [0.3, 0.4) is 0 Å². The fourth-order valence-electron chi connectivity index (χ4n) is 1.89. The van der Waals surface area contributed by atoms with E-state index in [-0.39, 0.29) is 5.78 Å². The number of anilines is 1. The van der Waals surface area contributed by atoms with Crippen molar-refractivity contribution in [2.75, 3.05) is 12.4 Å². The number of allylic oxidation sites excluding steroid dienone is 2. The Bertz CT molecular complexity index is 726. The largest absolute Gasteiger partial charge is 0.497 e. The van der Waals surface area contributed by atoms with Crippen LogP contribution in [0.25, 0.3) is 0 Å². The fraction of sp³-hybridized carbons (Fsp3) is 0.118. The second kappa shape index (κ2) is 6.85. The van der Waals surface area contributed by atoms with Crippen molar-refractivity contribution in [1.29, 1.82) is 0 Å². The van der Waals surface area contributed by atoms with E-state index in [2.05, 4.69) is 5.32 Å². The minimum Gasteiger partial charge on any atom is -0.497 e. The lowest BCUT2D eigenvalue weighted by Crippen LogP contribution is -2.02. The predicted octanol–water partition coefficient (Wildman–Crippen LogP) is 4.17. The minimum atomic E-state index is -0.947. The van der Waals surface area contributed by atoms with Crippen LogP contribution in [-0.4, -0.2) is 12.9 Å². The van der Waals surface area contributed by atoms with E-state index in [1.54, 1.807) is 31.2 Å². The Morgan fingerprint density at radius 1 is 1.14 bits per heavy atom. The van der Waals surface area contributed by atoms with Crippen LogP contribution in [0.5, 0.6) is 5.75 Å². The molecule has 0 bridgehead atoms. The van der Waals surface area contributed by atoms with Crippen molar-refractivity contribution >= 4 is 11.5 Å². The number of benzene rings is 2. The summed E-state index contributed by atoms with van der Waals surface area (Å²) < 4.78 is 31.0. The lowest BCUT2D eigenvalue weighted by Gasteiger charge is -2.07. The van der Waals surface area contributed by atoms with Gasteiger partial charge in [0.15, 0.2) is 17.4 Å². The van der Waals surface area contributed by atoms with E-state index < -0.39 is 11.6 Å². The van der Waals surface area contributed by atoms with Crippen molar-refractivity contribution in [3.05, 3.63) is 71.4 Å². The first-order valence-electron chi connectivity index (χ1n) is 6.58. The van der Waals surface area contributed by atoms with E-state index in [1.807, 2.05) is 0 Å². The molecule has 0 saturated heterocycles. The standard InChI is InChI=1S/C17H15F2NO2/c1-11(20-13-6-7-15(18)16(19)10-13)8-17(21)12-4-3-5-14(9-12)22-2/h3-10,20H,1-2H3. The lowest BCUT2D eigenvalue weighted by atomic mass is 10.1. The summed E-state index contributed by atoms with van der Waals surface area (Å²) in [5.74, 6) is -1.49. The average Bonchev–Trinajstić information content (AvgIpc) is 2.51. The summed E-state index contributed by atoms with van der Waals surface area (Å²) in [6.45, 7) is 1.67. The smallest absolute Gasteiger partial charge is 0.187 e. The number of halogens is 2. The molecule has 0 aromatic heterocycles. The maximum Gasteiger partial charge on any atom is 0.187 e. The van der Waals surface area contributed by atoms with Crippen LogP contribution < -0.4 is 10.1 Å². The number of carbonyl (C=O) groups is 1. The van der Waals surface area contributed by atoms with Crippen LogP contribution in [0.1, 0.15) is 17.3 Å². The Hall–Kier alpha value is -2.69. The first-order chi connectivity index (χ1) is 10.5. The zero-order chi connectivity index (χ0) is 16.1. The van der Waals surface area contributed by atoms with Gasteiger partial charge in [0.25, 0.3) is 0 Å². The molecule has 0 radical (unpaired) electrons. The van der Waals surface area contributed by atoms with Gasteiger partial charge in [0, 0.05) is 29.1 Å². The molecule has 2 rings (SSSR count). The molecule has 1 N–H and O–H groups in total. The van der Waals surface area contributed by atoms with Crippen molar-refractivity contribution in [1.82, 2.24) is 0 Å². The highest BCUT2D eigenvalue weighted by Crippen LogP contribution is 2.16. The number of rotatable bonds is 5. The number of ether oxygens (including phenoxy) is 1. The average molecular weight is 303 g/mol. The van der Waals surface area contributed by atoms with Gasteiger partial charge in [-0.05, 0) is 31.2 Å². The number of carbonyl (C=O) groups excluding carboxylic acids is 1. The number of hydrogen-bond acceptors (Lipinski definition) is 3. The van der Waals surface area contributed by atoms with Crippen LogP contribution in [0.15, 0.2) is 54.2 Å². The Balaban J connectivity index is 2.13. The van der Waals surface area contributed by atoms with E-state index in [1.165, 1.54) is 19.3 Å². The van der Waals surface area contributed by atoms with Gasteiger partial charge in [-0.3, -0.25) is 4.79 Å². The van der Waals surface area contributed by atoms with Gasteiger partial charge < -0.3 is 10.1 Å². The Morgan fingerprint density at radius 3 is 2.59 bits per heavy atom. The predicted molar refractivity (Wildman–Crippen MR) is 81.1 cm³/mol. The second-order valence-electron chi connectivity index (χ2n) is 4.68. The maximum atomic E-state index is 13.1. The van der Waals surface area contributed by atoms with Crippen LogP contribution in [0.4, 0.5) is 14.5 Å². The number of nitrogens with one attached hydrogen (secondary N) is 1. The van der Waals surface area contributed by atoms with Gasteiger partial charge in [0.05, 0.1) is 7.11 Å². The normalized spacial score (nSPS) is 11.2. The molecule has 0 amide bonds. The third-order valence-corrected chi connectivity index (χ3v) is 2.96. The zero-order valence-corrected chi connectivity index (χ0v) is 12.2. The highest BCUT2D eigenvalue weighted by Gasteiger charge is 2.06. The van der Waals surface area contributed by atoms with E-state index >= 15 is 0 Å². The molecule has 22 heavy (non-hydrogen) atoms. The van der Waals surface area contributed by atoms with E-state index in [9.17, 15) is 13.6 Å². The second-order valence-corrected chi connectivity index (χ2v) is 4.68. The van der Waals surface area contributed by atoms with Crippen molar-refractivity contribution in [3.8, 4) is 5.75 Å². The summed E-state index contributed by atoms with van der Waals surface area (Å²) in [7, 11) is 1.52. The van der Waals surface area contributed by atoms with Crippen molar-refractivity contribution in [2.45, 2.75) is 6.92 Å². The number of hydrogen-bond donors (Lipinski definition) is 1. The van der Waals surface area contributed by atoms with Crippen LogP contribution in [-0.2, 0) is 0 Å². The zero-order valence-electron chi connectivity index (χ0n) is 12.2. The van der Waals surface area contributed by atoms with Crippen LogP contribution in [0, 0.1) is 11.6 Å². The van der Waals surface area contributed by atoms with Crippen molar-refractivity contribution in [2.24, 2.45) is 0 Å². The molecule has 0 heterocycles. The van der Waals surface area contributed by atoms with Crippen LogP contribution >= 0.6 is 0 Å². The Morgan fingerprint density at radius 2 is 1.91 bits per heavy atom. The summed E-state index contributed by atoms with van der Waals surface area (Å²) in [6, 6.07) is 10.2. The molecule has 0 spiro atoms. The van der Waals surface area contributed by atoms with Crippen molar-refractivity contribution < 1.29 is 18.3 Å². The third kappa shape index (κ3) is 3.91. The molecular formula is C17H15F2NO2. The number of ketones is 1. The molecule has 0 saturated carbocycles. The topological polar surface area (TPSA) is 38.3 Å². The fourth-order valence-corrected chi connectivity index (χ4v) is 1.89. The van der Waals surface area contributed by atoms with E-state index in [0.717, 1.165) is 12.1 Å². The highest BCUT2D eigenvalue weighted by molar-refractivity contribution is 6.05. The van der Waals surface area contributed by atoms with Gasteiger partial charge >= 0.3 is 0 Å². The van der Waals surface area contributed by atoms with Gasteiger partial charge in [-0.1, -0.05) is 12.1 Å². The van der Waals surface area contributed by atoms with Gasteiger partial charge in [-0.2, -0.15) is 0 Å². The lowest BCUT2D eigenvalue weighted by molar-refractivity contribution is 0.104. The molecule has 0 aliphatic carbocycles. The molecule has 0 unspecified atom stereocenters. The first kappa shape index (κ1) is 15.7. The molecule has 5 heteroatoms. The molecule has 114 valence electrons. The third-order valence-electron chi connectivity index (χ3n) is 2.96. The molecule has 2 aromatic rings. The summed E-state index contributed by atoms with van der Waals surface area (Å²) in [5, 5.41) is 2.84. The summed E-state index contributed by atoms with van der Waals surface area (Å²) in [4.78, 5) is 12.1. The monoisotopic (exact) mass is 303 g/mol. The van der Waals surface area contributed by atoms with Gasteiger partial charge in [0.2, 0.25) is 0 Å². The number of methoxy groups -OCH3 is 1. The minimum absolute atomic E-state index is 0.216. The van der Waals surface area contributed by atoms with Gasteiger partial charge in [-0.15, -0.1) is 0 Å². The molecule has 0 aliphatic heterocycles. The first-order valence-corrected chi connectivity index (χ1v) is 6.58. The Labute approximate surface area is 127 Å². The molecule has 0 atom stereocenters. The molecule has 0 fully saturated rings.